The van der Waals surface area contributed by atoms with Gasteiger partial charge in [0.05, 0.1) is 31.9 Å². The van der Waals surface area contributed by atoms with E-state index in [1.54, 1.807) is 18.2 Å². The molecule has 0 saturated heterocycles. The van der Waals surface area contributed by atoms with Crippen LogP contribution in [-0.2, 0) is 25.0 Å². The number of methoxy groups -OCH3 is 1. The van der Waals surface area contributed by atoms with Crippen molar-refractivity contribution in [3.63, 3.8) is 0 Å². The van der Waals surface area contributed by atoms with E-state index in [1.807, 2.05) is 30.3 Å². The number of imide groups is 1. The largest absolute Gasteiger partial charge is 0.504 e. The molecule has 0 atom stereocenters. The average Bonchev–Trinajstić information content (AvgIpc) is 3.11. The third-order valence-electron chi connectivity index (χ3n) is 5.71. The van der Waals surface area contributed by atoms with Crippen molar-refractivity contribution >= 4 is 44.1 Å². The molecule has 188 valence electrons. The Morgan fingerprint density at radius 3 is 2.47 bits per heavy atom. The van der Waals surface area contributed by atoms with Crippen molar-refractivity contribution in [2.45, 2.75) is 19.3 Å². The predicted octanol–water partition coefficient (Wildman–Crippen LogP) is 4.36. The van der Waals surface area contributed by atoms with Crippen LogP contribution >= 0.6 is 0 Å². The minimum absolute atomic E-state index is 0.279. The Labute approximate surface area is 209 Å². The van der Waals surface area contributed by atoms with Gasteiger partial charge in [-0.3, -0.25) is 14.8 Å². The van der Waals surface area contributed by atoms with E-state index < -0.39 is 22.0 Å². The van der Waals surface area contributed by atoms with Gasteiger partial charge in [-0.1, -0.05) is 32.0 Å². The van der Waals surface area contributed by atoms with Crippen LogP contribution in [0.4, 0.5) is 16.2 Å². The summed E-state index contributed by atoms with van der Waals surface area (Å²) in [4.78, 5) is 24.3. The van der Waals surface area contributed by atoms with Gasteiger partial charge in [-0.25, -0.2) is 13.2 Å². The van der Waals surface area contributed by atoms with Crippen LogP contribution in [0.3, 0.4) is 0 Å². The van der Waals surface area contributed by atoms with Crippen molar-refractivity contribution in [3.8, 4) is 16.9 Å². The van der Waals surface area contributed by atoms with Gasteiger partial charge in [-0.15, -0.1) is 0 Å². The van der Waals surface area contributed by atoms with Gasteiger partial charge in [0.1, 0.15) is 5.75 Å². The number of hydrogen-bond acceptors (Lipinski definition) is 6. The molecule has 3 amide bonds. The Morgan fingerprint density at radius 2 is 1.75 bits per heavy atom. The van der Waals surface area contributed by atoms with Crippen LogP contribution < -0.4 is 20.1 Å². The smallest absolute Gasteiger partial charge is 0.326 e. The molecular weight excluding hydrogens is 482 g/mol. The first-order valence-corrected chi connectivity index (χ1v) is 13.0. The molecule has 1 aliphatic heterocycles. The first-order chi connectivity index (χ1) is 16.9. The summed E-state index contributed by atoms with van der Waals surface area (Å²) in [7, 11) is -1.97. The molecule has 4 rings (SSSR count). The summed E-state index contributed by atoms with van der Waals surface area (Å²) < 4.78 is 36.2. The van der Waals surface area contributed by atoms with E-state index in [0.717, 1.165) is 39.8 Å². The molecular formula is C26H27N3O6S. The summed E-state index contributed by atoms with van der Waals surface area (Å²) in [6.07, 6.45) is 3.38. The number of hydrogen-bond donors (Lipinski definition) is 3. The zero-order valence-electron chi connectivity index (χ0n) is 20.3. The quantitative estimate of drug-likeness (QED) is 0.335. The molecule has 0 radical (unpaired) electrons. The number of ether oxygens (including phenoxy) is 2. The number of amides is 3. The highest BCUT2D eigenvalue weighted by molar-refractivity contribution is 7.92. The molecule has 10 heteroatoms. The maximum Gasteiger partial charge on any atom is 0.326 e. The molecule has 0 aromatic heterocycles. The van der Waals surface area contributed by atoms with Gasteiger partial charge in [0, 0.05) is 22.7 Å². The van der Waals surface area contributed by atoms with E-state index in [1.165, 1.54) is 13.4 Å². The second-order valence-corrected chi connectivity index (χ2v) is 11.0. The summed E-state index contributed by atoms with van der Waals surface area (Å²) in [5.41, 5.74) is 3.35. The van der Waals surface area contributed by atoms with Crippen molar-refractivity contribution in [2.75, 3.05) is 30.0 Å². The summed E-state index contributed by atoms with van der Waals surface area (Å²) in [6.45, 7) is 4.57. The number of sulfonamides is 1. The maximum absolute atomic E-state index is 12.5. The van der Waals surface area contributed by atoms with Crippen LogP contribution in [0.5, 0.6) is 5.75 Å². The standard InChI is InChI=1S/C26H27N3O6S/c1-26(2)15-35-24-21(26)13-19(14-22(24)27-25(31)28-23(30)9-10-34-3)17-5-6-18-12-20(29-36(4,32)33)8-7-16(18)11-17/h5-14,29H,15H2,1-4H3,(H2,27,28,30,31). The lowest BCUT2D eigenvalue weighted by Crippen LogP contribution is -2.33. The lowest BCUT2D eigenvalue weighted by molar-refractivity contribution is -0.115. The van der Waals surface area contributed by atoms with E-state index >= 15 is 0 Å². The molecule has 0 unspecified atom stereocenters. The lowest BCUT2D eigenvalue weighted by Gasteiger charge is -2.18. The summed E-state index contributed by atoms with van der Waals surface area (Å²) in [5.74, 6) is -0.0567. The van der Waals surface area contributed by atoms with Crippen molar-refractivity contribution in [2.24, 2.45) is 0 Å². The number of carbonyl (C=O) groups excluding carboxylic acids is 2. The summed E-state index contributed by atoms with van der Waals surface area (Å²) >= 11 is 0. The Balaban J connectivity index is 1.70. The number of anilines is 2. The zero-order valence-corrected chi connectivity index (χ0v) is 21.2. The molecule has 0 aliphatic carbocycles. The molecule has 0 spiro atoms. The van der Waals surface area contributed by atoms with Crippen LogP contribution in [0.2, 0.25) is 0 Å². The molecule has 3 aromatic carbocycles. The molecule has 3 aromatic rings. The first-order valence-electron chi connectivity index (χ1n) is 11.1. The summed E-state index contributed by atoms with van der Waals surface area (Å²) in [6, 6.07) is 14.3. The van der Waals surface area contributed by atoms with Crippen LogP contribution in [0.25, 0.3) is 21.9 Å². The summed E-state index contributed by atoms with van der Waals surface area (Å²) in [5, 5.41) is 6.74. The fourth-order valence-electron chi connectivity index (χ4n) is 4.02. The predicted molar refractivity (Wildman–Crippen MR) is 140 cm³/mol. The lowest BCUT2D eigenvalue weighted by atomic mass is 9.85. The SMILES string of the molecule is COC=CC(=O)NC(=O)Nc1cc(-c2ccc3cc(NS(C)(=O)=O)ccc3c2)cc2c1OCC2(C)C. The van der Waals surface area contributed by atoms with E-state index in [2.05, 4.69) is 29.2 Å². The van der Waals surface area contributed by atoms with Crippen molar-refractivity contribution in [1.82, 2.24) is 5.32 Å². The third kappa shape index (κ3) is 5.60. The maximum atomic E-state index is 12.5. The molecule has 1 aliphatic rings. The van der Waals surface area contributed by atoms with Crippen molar-refractivity contribution < 1.29 is 27.5 Å². The van der Waals surface area contributed by atoms with Crippen LogP contribution in [-0.4, -0.2) is 40.3 Å². The van der Waals surface area contributed by atoms with Gasteiger partial charge < -0.3 is 14.8 Å². The molecule has 0 fully saturated rings. The first kappa shape index (κ1) is 25.1. The van der Waals surface area contributed by atoms with Gasteiger partial charge in [0.25, 0.3) is 5.91 Å². The van der Waals surface area contributed by atoms with Gasteiger partial charge in [0.15, 0.2) is 0 Å². The number of nitrogens with one attached hydrogen (secondary N) is 3. The fraction of sp³-hybridized carbons (Fsp3) is 0.231. The fourth-order valence-corrected chi connectivity index (χ4v) is 4.57. The normalized spacial score (nSPS) is 14.2. The number of urea groups is 1. The van der Waals surface area contributed by atoms with Gasteiger partial charge >= 0.3 is 6.03 Å². The topological polar surface area (TPSA) is 123 Å². The van der Waals surface area contributed by atoms with E-state index in [4.69, 9.17) is 9.47 Å². The Bertz CT molecular complexity index is 1500. The highest BCUT2D eigenvalue weighted by Gasteiger charge is 2.34. The molecule has 0 saturated carbocycles. The van der Waals surface area contributed by atoms with Crippen molar-refractivity contribution in [3.05, 3.63) is 66.4 Å². The van der Waals surface area contributed by atoms with Gasteiger partial charge in [-0.05, 0) is 52.2 Å². The number of carbonyl (C=O) groups is 2. The van der Waals surface area contributed by atoms with Crippen molar-refractivity contribution in [1.29, 1.82) is 0 Å². The number of fused-ring (bicyclic) bond motifs is 2. The molecule has 0 bridgehead atoms. The minimum Gasteiger partial charge on any atom is -0.504 e. The monoisotopic (exact) mass is 509 g/mol. The van der Waals surface area contributed by atoms with E-state index in [-0.39, 0.29) is 5.41 Å². The Hall–Kier alpha value is -4.05. The molecule has 3 N–H and O–H groups in total. The molecule has 9 nitrogen and oxygen atoms in total. The van der Waals surface area contributed by atoms with Crippen LogP contribution in [0.15, 0.2) is 60.9 Å². The Kier molecular flexibility index (Phi) is 6.64. The number of rotatable bonds is 6. The highest BCUT2D eigenvalue weighted by atomic mass is 32.2. The van der Waals surface area contributed by atoms with E-state index in [9.17, 15) is 18.0 Å². The Morgan fingerprint density at radius 1 is 1.03 bits per heavy atom. The number of benzene rings is 3. The highest BCUT2D eigenvalue weighted by Crippen LogP contribution is 2.46. The van der Waals surface area contributed by atoms with Crippen LogP contribution in [0.1, 0.15) is 19.4 Å². The van der Waals surface area contributed by atoms with Gasteiger partial charge in [0.2, 0.25) is 10.0 Å². The minimum atomic E-state index is -3.37. The third-order valence-corrected chi connectivity index (χ3v) is 6.32. The molecule has 36 heavy (non-hydrogen) atoms. The van der Waals surface area contributed by atoms with E-state index in [0.29, 0.717) is 23.7 Å². The average molecular weight is 510 g/mol. The molecule has 1 heterocycles. The second kappa shape index (κ2) is 9.54. The second-order valence-electron chi connectivity index (χ2n) is 9.21. The zero-order chi connectivity index (χ0) is 26.1. The van der Waals surface area contributed by atoms with Crippen LogP contribution in [0, 0.1) is 0 Å². The van der Waals surface area contributed by atoms with Gasteiger partial charge in [-0.2, -0.15) is 0 Å².